The molecule has 0 aliphatic carbocycles. The molecule has 0 amide bonds. The fraction of sp³-hybridized carbons (Fsp3) is 0.300. The van der Waals surface area contributed by atoms with Gasteiger partial charge in [-0.3, -0.25) is 0 Å². The van der Waals surface area contributed by atoms with Gasteiger partial charge in [-0.25, -0.2) is 4.79 Å². The minimum absolute atomic E-state index is 0.149. The molecule has 74 valence electrons. The number of ether oxygens (including phenoxy) is 2. The molecule has 1 atom stereocenters. The van der Waals surface area contributed by atoms with Crippen molar-refractivity contribution in [2.45, 2.75) is 6.10 Å². The highest BCUT2D eigenvalue weighted by molar-refractivity contribution is 9.10. The molecule has 0 saturated carbocycles. The van der Waals surface area contributed by atoms with E-state index in [4.69, 9.17) is 4.74 Å². The molecule has 1 aromatic rings. The highest BCUT2D eigenvalue weighted by atomic mass is 79.9. The quantitative estimate of drug-likeness (QED) is 0.602. The third-order valence-electron chi connectivity index (χ3n) is 2.05. The highest BCUT2D eigenvalue weighted by Crippen LogP contribution is 2.32. The summed E-state index contributed by atoms with van der Waals surface area (Å²) in [6, 6.07) is 5.48. The molecule has 3 nitrogen and oxygen atoms in total. The first-order chi connectivity index (χ1) is 6.70. The third-order valence-corrected chi connectivity index (χ3v) is 2.50. The molecule has 1 aromatic carbocycles. The van der Waals surface area contributed by atoms with Crippen molar-refractivity contribution in [1.82, 2.24) is 0 Å². The lowest BCUT2D eigenvalue weighted by atomic mass is 10.1. The van der Waals surface area contributed by atoms with Crippen molar-refractivity contribution >= 4 is 21.9 Å². The first-order valence-electron chi connectivity index (χ1n) is 4.21. The van der Waals surface area contributed by atoms with Crippen LogP contribution in [0.5, 0.6) is 0 Å². The number of hydrogen-bond donors (Lipinski definition) is 0. The predicted octanol–water partition coefficient (Wildman–Crippen LogP) is 2.31. The molecule has 1 unspecified atom stereocenters. The second-order valence-electron chi connectivity index (χ2n) is 3.09. The first-order valence-corrected chi connectivity index (χ1v) is 5.00. The number of benzene rings is 1. The second-order valence-corrected chi connectivity index (χ2v) is 4.00. The summed E-state index contributed by atoms with van der Waals surface area (Å²) in [6.45, 7) is 0.733. The molecule has 2 rings (SSSR count). The maximum absolute atomic E-state index is 11.3. The van der Waals surface area contributed by atoms with Gasteiger partial charge in [-0.1, -0.05) is 15.9 Å². The van der Waals surface area contributed by atoms with Crippen LogP contribution in [0.4, 0.5) is 0 Å². The average molecular weight is 257 g/mol. The van der Waals surface area contributed by atoms with Gasteiger partial charge in [0.2, 0.25) is 0 Å². The monoisotopic (exact) mass is 256 g/mol. The van der Waals surface area contributed by atoms with Gasteiger partial charge < -0.3 is 9.47 Å². The Labute approximate surface area is 90.1 Å². The van der Waals surface area contributed by atoms with Gasteiger partial charge in [0.05, 0.1) is 19.3 Å². The number of rotatable bonds is 2. The van der Waals surface area contributed by atoms with E-state index in [1.807, 2.05) is 6.07 Å². The zero-order valence-corrected chi connectivity index (χ0v) is 9.21. The van der Waals surface area contributed by atoms with Gasteiger partial charge in [0, 0.05) is 4.47 Å². The summed E-state index contributed by atoms with van der Waals surface area (Å²) in [5.41, 5.74) is 1.56. The summed E-state index contributed by atoms with van der Waals surface area (Å²) in [7, 11) is 1.37. The van der Waals surface area contributed by atoms with E-state index >= 15 is 0 Å². The largest absolute Gasteiger partial charge is 0.465 e. The van der Waals surface area contributed by atoms with Crippen LogP contribution in [0.2, 0.25) is 0 Å². The lowest BCUT2D eigenvalue weighted by Crippen LogP contribution is -2.01. The van der Waals surface area contributed by atoms with Crippen molar-refractivity contribution < 1.29 is 14.3 Å². The summed E-state index contributed by atoms with van der Waals surface area (Å²) in [6.07, 6.45) is 0.149. The van der Waals surface area contributed by atoms with Gasteiger partial charge in [-0.2, -0.15) is 0 Å². The van der Waals surface area contributed by atoms with Crippen molar-refractivity contribution in [1.29, 1.82) is 0 Å². The summed E-state index contributed by atoms with van der Waals surface area (Å²) in [4.78, 5) is 11.3. The van der Waals surface area contributed by atoms with Crippen LogP contribution in [0.1, 0.15) is 22.0 Å². The summed E-state index contributed by atoms with van der Waals surface area (Å²) >= 11 is 3.34. The first kappa shape index (κ1) is 9.68. The number of esters is 1. The van der Waals surface area contributed by atoms with E-state index in [9.17, 15) is 4.79 Å². The topological polar surface area (TPSA) is 38.8 Å². The number of halogens is 1. The highest BCUT2D eigenvalue weighted by Gasteiger charge is 2.26. The van der Waals surface area contributed by atoms with Crippen molar-refractivity contribution in [3.05, 3.63) is 33.8 Å². The summed E-state index contributed by atoms with van der Waals surface area (Å²) in [5.74, 6) is -0.326. The normalized spacial score (nSPS) is 19.1. The van der Waals surface area contributed by atoms with E-state index in [1.54, 1.807) is 12.1 Å². The SMILES string of the molecule is COC(=O)c1cc(Br)cc(C2CO2)c1. The van der Waals surface area contributed by atoms with Crippen molar-refractivity contribution in [3.63, 3.8) is 0 Å². The Morgan fingerprint density at radius 2 is 2.29 bits per heavy atom. The Bertz CT molecular complexity index is 372. The minimum Gasteiger partial charge on any atom is -0.465 e. The average Bonchev–Trinajstić information content (AvgIpc) is 2.98. The molecule has 1 heterocycles. The van der Waals surface area contributed by atoms with Crippen molar-refractivity contribution in [3.8, 4) is 0 Å². The summed E-state index contributed by atoms with van der Waals surface area (Å²) < 4.78 is 10.7. The molecule has 4 heteroatoms. The van der Waals surface area contributed by atoms with E-state index < -0.39 is 0 Å². The van der Waals surface area contributed by atoms with Crippen LogP contribution in [0.3, 0.4) is 0 Å². The lowest BCUT2D eigenvalue weighted by molar-refractivity contribution is 0.0600. The summed E-state index contributed by atoms with van der Waals surface area (Å²) in [5, 5.41) is 0. The number of hydrogen-bond acceptors (Lipinski definition) is 3. The Hall–Kier alpha value is -0.870. The smallest absolute Gasteiger partial charge is 0.337 e. The van der Waals surface area contributed by atoms with Gasteiger partial charge in [0.15, 0.2) is 0 Å². The molecule has 0 radical (unpaired) electrons. The fourth-order valence-corrected chi connectivity index (χ4v) is 1.79. The fourth-order valence-electron chi connectivity index (χ4n) is 1.27. The zero-order chi connectivity index (χ0) is 10.1. The predicted molar refractivity (Wildman–Crippen MR) is 54.2 cm³/mol. The van der Waals surface area contributed by atoms with Crippen molar-refractivity contribution in [2.24, 2.45) is 0 Å². The van der Waals surface area contributed by atoms with Gasteiger partial charge in [-0.15, -0.1) is 0 Å². The van der Waals surface area contributed by atoms with Crippen LogP contribution in [0, 0.1) is 0 Å². The van der Waals surface area contributed by atoms with Crippen LogP contribution in [-0.4, -0.2) is 19.7 Å². The van der Waals surface area contributed by atoms with Gasteiger partial charge in [0.25, 0.3) is 0 Å². The maximum Gasteiger partial charge on any atom is 0.337 e. The third kappa shape index (κ3) is 1.96. The Kier molecular flexibility index (Phi) is 2.56. The molecule has 14 heavy (non-hydrogen) atoms. The van der Waals surface area contributed by atoms with Crippen molar-refractivity contribution in [2.75, 3.05) is 13.7 Å². The van der Waals surface area contributed by atoms with Crippen LogP contribution in [-0.2, 0) is 9.47 Å². The molecule has 0 N–H and O–H groups in total. The van der Waals surface area contributed by atoms with E-state index in [0.717, 1.165) is 16.6 Å². The minimum atomic E-state index is -0.326. The Morgan fingerprint density at radius 1 is 1.57 bits per heavy atom. The van der Waals surface area contributed by atoms with Gasteiger partial charge in [-0.05, 0) is 23.8 Å². The van der Waals surface area contributed by atoms with E-state index in [1.165, 1.54) is 7.11 Å². The second kappa shape index (κ2) is 3.71. The molecule has 1 fully saturated rings. The molecule has 0 spiro atoms. The van der Waals surface area contributed by atoms with Crippen LogP contribution in [0.25, 0.3) is 0 Å². The molecule has 0 bridgehead atoms. The Morgan fingerprint density at radius 3 is 2.86 bits per heavy atom. The molecular weight excluding hydrogens is 248 g/mol. The van der Waals surface area contributed by atoms with E-state index in [0.29, 0.717) is 5.56 Å². The number of carbonyl (C=O) groups is 1. The number of epoxide rings is 1. The molecular formula is C10H9BrO3. The number of carbonyl (C=O) groups excluding carboxylic acids is 1. The standard InChI is InChI=1S/C10H9BrO3/c1-13-10(12)7-2-6(9-5-14-9)3-8(11)4-7/h2-4,9H,5H2,1H3. The van der Waals surface area contributed by atoms with E-state index in [2.05, 4.69) is 20.7 Å². The van der Waals surface area contributed by atoms with Crippen LogP contribution < -0.4 is 0 Å². The number of methoxy groups -OCH3 is 1. The zero-order valence-electron chi connectivity index (χ0n) is 7.62. The molecule has 0 aromatic heterocycles. The Balaban J connectivity index is 2.35. The molecule has 1 aliphatic heterocycles. The van der Waals surface area contributed by atoms with Gasteiger partial charge in [0.1, 0.15) is 6.10 Å². The maximum atomic E-state index is 11.3. The van der Waals surface area contributed by atoms with Gasteiger partial charge >= 0.3 is 5.97 Å². The molecule has 1 saturated heterocycles. The molecule has 1 aliphatic rings. The van der Waals surface area contributed by atoms with Crippen LogP contribution >= 0.6 is 15.9 Å². The van der Waals surface area contributed by atoms with Crippen LogP contribution in [0.15, 0.2) is 22.7 Å². The lowest BCUT2D eigenvalue weighted by Gasteiger charge is -2.02. The van der Waals surface area contributed by atoms with E-state index in [-0.39, 0.29) is 12.1 Å².